The molecule has 0 bridgehead atoms. The van der Waals surface area contributed by atoms with Gasteiger partial charge in [-0.25, -0.2) is 0 Å². The van der Waals surface area contributed by atoms with Gasteiger partial charge in [-0.05, 0) is 0 Å². The Balaban J connectivity index is 2.55. The van der Waals surface area contributed by atoms with Crippen molar-refractivity contribution in [1.82, 2.24) is 4.81 Å². The Morgan fingerprint density at radius 3 is 3.00 bits per heavy atom. The van der Waals surface area contributed by atoms with Crippen LogP contribution in [0.1, 0.15) is 0 Å². The molecule has 1 aliphatic heterocycles. The van der Waals surface area contributed by atoms with Crippen LogP contribution in [0.5, 0.6) is 0 Å². The van der Waals surface area contributed by atoms with Crippen molar-refractivity contribution in [2.24, 2.45) is 0 Å². The maximum absolute atomic E-state index is 10.9. The molecule has 1 aliphatic rings. The molecule has 0 spiro atoms. The van der Waals surface area contributed by atoms with Crippen molar-refractivity contribution < 1.29 is 9.53 Å². The second-order valence-electron chi connectivity index (χ2n) is 2.34. The molecule has 1 rings (SSSR count). The maximum atomic E-state index is 10.9. The summed E-state index contributed by atoms with van der Waals surface area (Å²) < 4.78 is 4.57. The fraction of sp³-hybridized carbons (Fsp3) is 0.500. The Bertz CT molecular complexity index is 169. The lowest BCUT2D eigenvalue weighted by molar-refractivity contribution is -0.143. The Labute approximate surface area is 61.1 Å². The highest BCUT2D eigenvalue weighted by Crippen LogP contribution is 2.06. The predicted molar refractivity (Wildman–Crippen MR) is 40.2 cm³/mol. The summed E-state index contributed by atoms with van der Waals surface area (Å²) in [6.45, 7) is 0.833. The number of rotatable bonds is 1. The first-order chi connectivity index (χ1) is 4.75. The van der Waals surface area contributed by atoms with Gasteiger partial charge in [0.25, 0.3) is 0 Å². The monoisotopic (exact) mass is 139 g/mol. The zero-order valence-electron chi connectivity index (χ0n) is 6.20. The molecule has 0 saturated carbocycles. The fourth-order valence-corrected chi connectivity index (χ4v) is 0.996. The molecule has 0 radical (unpaired) electrons. The second kappa shape index (κ2) is 2.88. The molecule has 0 aromatic rings. The van der Waals surface area contributed by atoms with Gasteiger partial charge in [-0.15, -0.1) is 0 Å². The van der Waals surface area contributed by atoms with Gasteiger partial charge in [0.2, 0.25) is 0 Å². The van der Waals surface area contributed by atoms with Crippen LogP contribution in [0.3, 0.4) is 0 Å². The molecule has 0 unspecified atom stereocenters. The first kappa shape index (κ1) is 7.34. The Morgan fingerprint density at radius 2 is 2.60 bits per heavy atom. The molecule has 0 saturated heterocycles. The molecule has 4 heteroatoms. The van der Waals surface area contributed by atoms with Crippen LogP contribution < -0.4 is 0 Å². The van der Waals surface area contributed by atoms with Gasteiger partial charge in [0, 0.05) is 6.54 Å². The number of hydrogen-bond acceptors (Lipinski definition) is 3. The molecule has 0 aromatic heterocycles. The SMILES string of the molecule is BN1CC=C[C@H]1C(=O)OC. The molecule has 0 amide bonds. The number of nitrogens with zero attached hydrogens (tertiary/aromatic N) is 1. The van der Waals surface area contributed by atoms with E-state index in [-0.39, 0.29) is 12.0 Å². The van der Waals surface area contributed by atoms with E-state index in [0.717, 1.165) is 6.54 Å². The van der Waals surface area contributed by atoms with Crippen molar-refractivity contribution in [1.29, 1.82) is 0 Å². The highest BCUT2D eigenvalue weighted by Gasteiger charge is 2.22. The van der Waals surface area contributed by atoms with Crippen molar-refractivity contribution >= 4 is 14.0 Å². The van der Waals surface area contributed by atoms with E-state index in [2.05, 4.69) is 4.74 Å². The lowest BCUT2D eigenvalue weighted by atomic mass is 10.2. The Hall–Kier alpha value is -0.765. The number of methoxy groups -OCH3 is 1. The molecule has 54 valence electrons. The van der Waals surface area contributed by atoms with Crippen LogP contribution in [-0.2, 0) is 9.53 Å². The quantitative estimate of drug-likeness (QED) is 0.263. The average molecular weight is 139 g/mol. The Kier molecular flexibility index (Phi) is 2.11. The third kappa shape index (κ3) is 1.21. The summed E-state index contributed by atoms with van der Waals surface area (Å²) >= 11 is 0. The topological polar surface area (TPSA) is 29.5 Å². The summed E-state index contributed by atoms with van der Waals surface area (Å²) in [4.78, 5) is 12.8. The molecule has 0 N–H and O–H groups in total. The van der Waals surface area contributed by atoms with Gasteiger partial charge in [0.15, 0.2) is 7.98 Å². The fourth-order valence-electron chi connectivity index (χ4n) is 0.996. The van der Waals surface area contributed by atoms with Crippen molar-refractivity contribution in [2.75, 3.05) is 13.7 Å². The van der Waals surface area contributed by atoms with Crippen molar-refractivity contribution in [2.45, 2.75) is 6.04 Å². The summed E-state index contributed by atoms with van der Waals surface area (Å²) in [6.07, 6.45) is 3.81. The van der Waals surface area contributed by atoms with Gasteiger partial charge in [-0.3, -0.25) is 4.79 Å². The van der Waals surface area contributed by atoms with Crippen LogP contribution >= 0.6 is 0 Å². The molecular weight excluding hydrogens is 129 g/mol. The van der Waals surface area contributed by atoms with Gasteiger partial charge in [-0.1, -0.05) is 12.2 Å². The van der Waals surface area contributed by atoms with Crippen LogP contribution in [0.4, 0.5) is 0 Å². The summed E-state index contributed by atoms with van der Waals surface area (Å²) in [5.74, 6) is -0.184. The van der Waals surface area contributed by atoms with E-state index in [1.807, 2.05) is 24.9 Å². The van der Waals surface area contributed by atoms with Crippen LogP contribution in [0, 0.1) is 0 Å². The van der Waals surface area contributed by atoms with Crippen LogP contribution in [0.25, 0.3) is 0 Å². The highest BCUT2D eigenvalue weighted by molar-refractivity contribution is 6.07. The standard InChI is InChI=1S/C6H10BNO2/c1-10-6(9)5-3-2-4-8(5)7/h2-3,5H,4,7H2,1H3/t5-/m0/s1. The summed E-state index contributed by atoms with van der Waals surface area (Å²) in [5.41, 5.74) is 0. The van der Waals surface area contributed by atoms with E-state index in [0.29, 0.717) is 0 Å². The highest BCUT2D eigenvalue weighted by atomic mass is 16.5. The number of carbonyl (C=O) groups is 1. The van der Waals surface area contributed by atoms with Gasteiger partial charge in [-0.2, -0.15) is 0 Å². The third-order valence-corrected chi connectivity index (χ3v) is 1.63. The number of ether oxygens (including phenoxy) is 1. The summed E-state index contributed by atoms with van der Waals surface area (Å²) in [7, 11) is 3.30. The van der Waals surface area contributed by atoms with Gasteiger partial charge in [0.1, 0.15) is 6.04 Å². The third-order valence-electron chi connectivity index (χ3n) is 1.63. The lowest BCUT2D eigenvalue weighted by Crippen LogP contribution is -2.35. The van der Waals surface area contributed by atoms with Gasteiger partial charge in [0.05, 0.1) is 7.11 Å². The van der Waals surface area contributed by atoms with E-state index < -0.39 is 0 Å². The average Bonchev–Trinajstić information content (AvgIpc) is 2.34. The van der Waals surface area contributed by atoms with Crippen LogP contribution in [0.2, 0.25) is 0 Å². The molecular formula is C6H10BNO2. The van der Waals surface area contributed by atoms with E-state index in [1.165, 1.54) is 7.11 Å². The Morgan fingerprint density at radius 1 is 1.90 bits per heavy atom. The zero-order valence-corrected chi connectivity index (χ0v) is 6.20. The normalized spacial score (nSPS) is 25.1. The smallest absolute Gasteiger partial charge is 0.326 e. The maximum Gasteiger partial charge on any atom is 0.326 e. The predicted octanol–water partition coefficient (Wildman–Crippen LogP) is -1.05. The molecule has 0 aliphatic carbocycles. The number of hydrogen-bond donors (Lipinski definition) is 0. The van der Waals surface area contributed by atoms with Crippen molar-refractivity contribution in [3.8, 4) is 0 Å². The second-order valence-corrected chi connectivity index (χ2v) is 2.34. The summed E-state index contributed by atoms with van der Waals surface area (Å²) in [6, 6.07) is -0.162. The number of esters is 1. The van der Waals surface area contributed by atoms with E-state index in [1.54, 1.807) is 0 Å². The van der Waals surface area contributed by atoms with Crippen molar-refractivity contribution in [3.05, 3.63) is 12.2 Å². The van der Waals surface area contributed by atoms with E-state index in [9.17, 15) is 4.79 Å². The molecule has 1 heterocycles. The zero-order chi connectivity index (χ0) is 7.56. The summed E-state index contributed by atoms with van der Waals surface area (Å²) in [5, 5.41) is 0. The molecule has 0 fully saturated rings. The first-order valence-corrected chi connectivity index (χ1v) is 3.20. The van der Waals surface area contributed by atoms with Gasteiger partial charge < -0.3 is 9.55 Å². The van der Waals surface area contributed by atoms with E-state index in [4.69, 9.17) is 0 Å². The van der Waals surface area contributed by atoms with Crippen molar-refractivity contribution in [3.63, 3.8) is 0 Å². The molecule has 10 heavy (non-hydrogen) atoms. The minimum absolute atomic E-state index is 0.162. The van der Waals surface area contributed by atoms with Gasteiger partial charge >= 0.3 is 5.97 Å². The van der Waals surface area contributed by atoms with Crippen LogP contribution in [-0.4, -0.2) is 38.5 Å². The minimum Gasteiger partial charge on any atom is -0.468 e. The largest absolute Gasteiger partial charge is 0.468 e. The van der Waals surface area contributed by atoms with E-state index >= 15 is 0 Å². The minimum atomic E-state index is -0.184. The molecule has 3 nitrogen and oxygen atoms in total. The first-order valence-electron chi connectivity index (χ1n) is 3.20. The molecule has 1 atom stereocenters. The number of carbonyl (C=O) groups excluding carboxylic acids is 1. The lowest BCUT2D eigenvalue weighted by Gasteiger charge is -2.16. The van der Waals surface area contributed by atoms with Crippen LogP contribution in [0.15, 0.2) is 12.2 Å². The molecule has 0 aromatic carbocycles.